The van der Waals surface area contributed by atoms with E-state index in [0.717, 1.165) is 38.9 Å². The molecule has 1 heterocycles. The maximum atomic E-state index is 10.4. The monoisotopic (exact) mass is 232 g/mol. The summed E-state index contributed by atoms with van der Waals surface area (Å²) in [5, 5.41) is 0. The fourth-order valence-corrected chi connectivity index (χ4v) is 2.24. The second-order valence-electron chi connectivity index (χ2n) is 4.47. The Morgan fingerprint density at radius 1 is 1.12 bits per heavy atom. The Morgan fingerprint density at radius 3 is 2.29 bits per heavy atom. The van der Waals surface area contributed by atoms with E-state index in [1.165, 1.54) is 11.3 Å². The number of rotatable bonds is 4. The minimum atomic E-state index is 0.572. The normalized spacial score (nSPS) is 17.1. The molecule has 0 aliphatic carbocycles. The third kappa shape index (κ3) is 3.07. The van der Waals surface area contributed by atoms with Crippen molar-refractivity contribution in [3.63, 3.8) is 0 Å². The summed E-state index contributed by atoms with van der Waals surface area (Å²) < 4.78 is 0. The van der Waals surface area contributed by atoms with Crippen molar-refractivity contribution in [2.24, 2.45) is 0 Å². The third-order valence-corrected chi connectivity index (χ3v) is 3.41. The quantitative estimate of drug-likeness (QED) is 0.736. The van der Waals surface area contributed by atoms with Gasteiger partial charge in [0, 0.05) is 31.9 Å². The fraction of sp³-hybridized carbons (Fsp3) is 0.500. The van der Waals surface area contributed by atoms with Gasteiger partial charge in [0.1, 0.15) is 6.29 Å². The molecule has 0 spiro atoms. The summed E-state index contributed by atoms with van der Waals surface area (Å²) in [4.78, 5) is 15.0. The van der Waals surface area contributed by atoms with Crippen LogP contribution in [-0.4, -0.2) is 43.9 Å². The van der Waals surface area contributed by atoms with Crippen molar-refractivity contribution in [2.45, 2.75) is 13.3 Å². The van der Waals surface area contributed by atoms with E-state index >= 15 is 0 Å². The van der Waals surface area contributed by atoms with Crippen LogP contribution >= 0.6 is 0 Å². The average molecular weight is 232 g/mol. The van der Waals surface area contributed by atoms with Gasteiger partial charge in [0.25, 0.3) is 0 Å². The van der Waals surface area contributed by atoms with Gasteiger partial charge >= 0.3 is 0 Å². The molecule has 17 heavy (non-hydrogen) atoms. The van der Waals surface area contributed by atoms with Crippen LogP contribution in [0.25, 0.3) is 0 Å². The minimum absolute atomic E-state index is 0.572. The molecule has 1 saturated heterocycles. The summed E-state index contributed by atoms with van der Waals surface area (Å²) in [5.41, 5.74) is 2.68. The number of anilines is 1. The van der Waals surface area contributed by atoms with Crippen LogP contribution in [0.5, 0.6) is 0 Å². The summed E-state index contributed by atoms with van der Waals surface area (Å²) in [6.07, 6.45) is 2.08. The molecule has 0 aromatic heterocycles. The molecule has 0 unspecified atom stereocenters. The van der Waals surface area contributed by atoms with Crippen molar-refractivity contribution >= 4 is 12.0 Å². The molecule has 0 N–H and O–H groups in total. The van der Waals surface area contributed by atoms with Crippen LogP contribution in [0.4, 0.5) is 5.69 Å². The van der Waals surface area contributed by atoms with Crippen LogP contribution in [0.2, 0.25) is 0 Å². The fourth-order valence-electron chi connectivity index (χ4n) is 2.24. The zero-order chi connectivity index (χ0) is 12.1. The van der Waals surface area contributed by atoms with Crippen LogP contribution in [0.15, 0.2) is 24.3 Å². The molecule has 1 aromatic carbocycles. The van der Waals surface area contributed by atoms with E-state index in [9.17, 15) is 4.79 Å². The second kappa shape index (κ2) is 5.82. The lowest BCUT2D eigenvalue weighted by atomic mass is 10.1. The van der Waals surface area contributed by atoms with Crippen molar-refractivity contribution in [1.82, 2.24) is 4.90 Å². The first-order valence-electron chi connectivity index (χ1n) is 6.33. The maximum absolute atomic E-state index is 10.4. The number of carbonyl (C=O) groups is 1. The van der Waals surface area contributed by atoms with Gasteiger partial charge < -0.3 is 9.69 Å². The molecule has 0 atom stereocenters. The van der Waals surface area contributed by atoms with Crippen LogP contribution in [0, 0.1) is 0 Å². The van der Waals surface area contributed by atoms with Gasteiger partial charge in [0.05, 0.1) is 6.54 Å². The first-order chi connectivity index (χ1) is 8.33. The summed E-state index contributed by atoms with van der Waals surface area (Å²) in [6.45, 7) is 6.73. The predicted molar refractivity (Wildman–Crippen MR) is 70.5 cm³/mol. The summed E-state index contributed by atoms with van der Waals surface area (Å²) in [6, 6.07) is 8.81. The smallest absolute Gasteiger partial charge is 0.133 e. The maximum Gasteiger partial charge on any atom is 0.133 e. The molecule has 0 amide bonds. The molecule has 0 saturated carbocycles. The second-order valence-corrected chi connectivity index (χ2v) is 4.47. The Kier molecular flexibility index (Phi) is 4.15. The van der Waals surface area contributed by atoms with Gasteiger partial charge in [-0.15, -0.1) is 0 Å². The van der Waals surface area contributed by atoms with Gasteiger partial charge in [-0.3, -0.25) is 4.90 Å². The lowest BCUT2D eigenvalue weighted by Gasteiger charge is -2.35. The number of hydrogen-bond acceptors (Lipinski definition) is 3. The SMILES string of the molecule is CCc1ccc(N2CCN(CC=O)CC2)cc1. The van der Waals surface area contributed by atoms with Gasteiger partial charge in [-0.1, -0.05) is 19.1 Å². The lowest BCUT2D eigenvalue weighted by Crippen LogP contribution is -2.46. The van der Waals surface area contributed by atoms with Crippen molar-refractivity contribution in [3.05, 3.63) is 29.8 Å². The molecule has 92 valence electrons. The molecular formula is C14H20N2O. The Bertz CT molecular complexity index is 353. The van der Waals surface area contributed by atoms with E-state index in [4.69, 9.17) is 0 Å². The molecular weight excluding hydrogens is 212 g/mol. The summed E-state index contributed by atoms with van der Waals surface area (Å²) in [5.74, 6) is 0. The van der Waals surface area contributed by atoms with Crippen molar-refractivity contribution in [2.75, 3.05) is 37.6 Å². The number of aryl methyl sites for hydroxylation is 1. The average Bonchev–Trinajstić information content (AvgIpc) is 2.40. The zero-order valence-electron chi connectivity index (χ0n) is 10.4. The van der Waals surface area contributed by atoms with Crippen molar-refractivity contribution < 1.29 is 4.79 Å². The molecule has 3 heteroatoms. The number of nitrogens with zero attached hydrogens (tertiary/aromatic N) is 2. The van der Waals surface area contributed by atoms with Crippen LogP contribution in [0.3, 0.4) is 0 Å². The van der Waals surface area contributed by atoms with Gasteiger partial charge in [0.15, 0.2) is 0 Å². The van der Waals surface area contributed by atoms with Crippen molar-refractivity contribution in [1.29, 1.82) is 0 Å². The highest BCUT2D eigenvalue weighted by atomic mass is 16.1. The van der Waals surface area contributed by atoms with Crippen LogP contribution in [0.1, 0.15) is 12.5 Å². The molecule has 3 nitrogen and oxygen atoms in total. The third-order valence-electron chi connectivity index (χ3n) is 3.41. The minimum Gasteiger partial charge on any atom is -0.369 e. The standard InChI is InChI=1S/C14H20N2O/c1-2-13-3-5-14(6-4-13)16-9-7-15(8-10-16)11-12-17/h3-6,12H,2,7-11H2,1H3. The molecule has 1 aliphatic heterocycles. The van der Waals surface area contributed by atoms with Crippen LogP contribution in [-0.2, 0) is 11.2 Å². The number of aldehydes is 1. The topological polar surface area (TPSA) is 23.6 Å². The van der Waals surface area contributed by atoms with Gasteiger partial charge in [-0.25, -0.2) is 0 Å². The molecule has 1 aliphatic rings. The molecule has 2 rings (SSSR count). The van der Waals surface area contributed by atoms with Crippen LogP contribution < -0.4 is 4.90 Å². The Morgan fingerprint density at radius 2 is 1.76 bits per heavy atom. The highest BCUT2D eigenvalue weighted by Gasteiger charge is 2.16. The van der Waals surface area contributed by atoms with E-state index in [0.29, 0.717) is 6.54 Å². The number of carbonyl (C=O) groups excluding carboxylic acids is 1. The number of hydrogen-bond donors (Lipinski definition) is 0. The first kappa shape index (κ1) is 12.1. The van der Waals surface area contributed by atoms with E-state index in [1.54, 1.807) is 0 Å². The van der Waals surface area contributed by atoms with E-state index in [1.807, 2.05) is 0 Å². The van der Waals surface area contributed by atoms with E-state index < -0.39 is 0 Å². The van der Waals surface area contributed by atoms with E-state index in [-0.39, 0.29) is 0 Å². The highest BCUT2D eigenvalue weighted by molar-refractivity contribution is 5.52. The first-order valence-corrected chi connectivity index (χ1v) is 6.33. The highest BCUT2D eigenvalue weighted by Crippen LogP contribution is 2.17. The molecule has 0 radical (unpaired) electrons. The Hall–Kier alpha value is -1.35. The lowest BCUT2D eigenvalue weighted by molar-refractivity contribution is -0.108. The predicted octanol–water partition coefficient (Wildman–Crippen LogP) is 1.57. The molecule has 1 aromatic rings. The Balaban J connectivity index is 1.93. The van der Waals surface area contributed by atoms with Gasteiger partial charge in [-0.2, -0.15) is 0 Å². The summed E-state index contributed by atoms with van der Waals surface area (Å²) in [7, 11) is 0. The zero-order valence-corrected chi connectivity index (χ0v) is 10.4. The molecule has 0 bridgehead atoms. The van der Waals surface area contributed by atoms with Crippen molar-refractivity contribution in [3.8, 4) is 0 Å². The summed E-state index contributed by atoms with van der Waals surface area (Å²) >= 11 is 0. The van der Waals surface area contributed by atoms with Gasteiger partial charge in [0.2, 0.25) is 0 Å². The number of benzene rings is 1. The Labute approximate surface area is 103 Å². The number of piperazine rings is 1. The van der Waals surface area contributed by atoms with Gasteiger partial charge in [-0.05, 0) is 24.1 Å². The van der Waals surface area contributed by atoms with E-state index in [2.05, 4.69) is 41.0 Å². The molecule has 1 fully saturated rings. The largest absolute Gasteiger partial charge is 0.369 e.